The van der Waals surface area contributed by atoms with E-state index in [0.717, 1.165) is 30.2 Å². The van der Waals surface area contributed by atoms with Gasteiger partial charge in [-0.25, -0.2) is 8.42 Å². The Bertz CT molecular complexity index is 1040. The van der Waals surface area contributed by atoms with Crippen molar-refractivity contribution in [2.75, 3.05) is 12.9 Å². The maximum atomic E-state index is 11.8. The molecule has 1 spiro atoms. The number of ether oxygens (including phenoxy) is 3. The van der Waals surface area contributed by atoms with Crippen LogP contribution < -0.4 is 0 Å². The highest BCUT2D eigenvalue weighted by molar-refractivity contribution is 7.89. The van der Waals surface area contributed by atoms with Gasteiger partial charge in [-0.1, -0.05) is 60.7 Å². The third-order valence-corrected chi connectivity index (χ3v) is 6.85. The number of rotatable bonds is 4. The molecule has 8 heteroatoms. The average Bonchev–Trinajstić information content (AvgIpc) is 3.36. The summed E-state index contributed by atoms with van der Waals surface area (Å²) in [6.45, 7) is 2.18. The van der Waals surface area contributed by atoms with Crippen molar-refractivity contribution >= 4 is 16.0 Å². The van der Waals surface area contributed by atoms with Crippen LogP contribution in [0, 0.1) is 0 Å². The molecule has 0 amide bonds. The summed E-state index contributed by atoms with van der Waals surface area (Å²) >= 11 is 0. The van der Waals surface area contributed by atoms with Crippen LogP contribution in [0.5, 0.6) is 0 Å². The fourth-order valence-corrected chi connectivity index (χ4v) is 5.42. The van der Waals surface area contributed by atoms with E-state index in [2.05, 4.69) is 28.7 Å². The lowest BCUT2D eigenvalue weighted by Crippen LogP contribution is -2.36. The van der Waals surface area contributed by atoms with Crippen LogP contribution >= 0.6 is 0 Å². The topological polar surface area (TPSA) is 77.2 Å². The Kier molecular flexibility index (Phi) is 5.47. The van der Waals surface area contributed by atoms with Gasteiger partial charge in [-0.3, -0.25) is 0 Å². The zero-order chi connectivity index (χ0) is 22.3. The normalized spacial score (nSPS) is 29.1. The Labute approximate surface area is 189 Å². The number of benzene rings is 2. The van der Waals surface area contributed by atoms with E-state index in [0.29, 0.717) is 13.0 Å². The Hall–Kier alpha value is -2.42. The first-order valence-electron chi connectivity index (χ1n) is 11.1. The third kappa shape index (κ3) is 4.14. The number of hydrogen-bond donors (Lipinski definition) is 0. The number of amidine groups is 1. The lowest BCUT2D eigenvalue weighted by molar-refractivity contribution is -0.191. The molecule has 0 N–H and O–H groups in total. The summed E-state index contributed by atoms with van der Waals surface area (Å²) in [5, 5.41) is 0. The molecular weight excluding hydrogens is 428 g/mol. The third-order valence-electron chi connectivity index (χ3n) is 6.36. The summed E-state index contributed by atoms with van der Waals surface area (Å²) in [5.74, 6) is -0.723. The molecule has 2 aliphatic heterocycles. The van der Waals surface area contributed by atoms with Crippen LogP contribution in [0.2, 0.25) is 0 Å². The first kappa shape index (κ1) is 21.4. The molecular formula is C24H28N2O5S. The van der Waals surface area contributed by atoms with Gasteiger partial charge in [0.1, 0.15) is 12.2 Å². The van der Waals surface area contributed by atoms with Crippen molar-refractivity contribution in [3.8, 4) is 0 Å². The van der Waals surface area contributed by atoms with Crippen molar-refractivity contribution in [3.05, 3.63) is 71.8 Å². The largest absolute Gasteiger partial charge is 0.465 e. The lowest BCUT2D eigenvalue weighted by Gasteiger charge is -2.30. The van der Waals surface area contributed by atoms with Gasteiger partial charge >= 0.3 is 6.02 Å². The maximum Gasteiger partial charge on any atom is 0.303 e. The van der Waals surface area contributed by atoms with Gasteiger partial charge < -0.3 is 19.1 Å². The molecule has 2 aromatic rings. The van der Waals surface area contributed by atoms with Gasteiger partial charge in [0, 0.05) is 12.8 Å². The molecule has 170 valence electrons. The molecule has 2 aromatic carbocycles. The van der Waals surface area contributed by atoms with Gasteiger partial charge in [0.15, 0.2) is 5.79 Å². The van der Waals surface area contributed by atoms with Gasteiger partial charge in [-0.15, -0.1) is 4.40 Å². The monoisotopic (exact) mass is 456 g/mol. The van der Waals surface area contributed by atoms with Crippen molar-refractivity contribution in [1.29, 1.82) is 0 Å². The Balaban J connectivity index is 1.41. The van der Waals surface area contributed by atoms with Crippen LogP contribution in [0.3, 0.4) is 0 Å². The second kappa shape index (κ2) is 8.17. The number of likely N-dealkylation sites (tertiary alicyclic amines) is 1. The average molecular weight is 457 g/mol. The number of sulfonamides is 1. The summed E-state index contributed by atoms with van der Waals surface area (Å²) in [6.07, 6.45) is 2.86. The molecule has 3 fully saturated rings. The molecule has 0 radical (unpaired) electrons. The van der Waals surface area contributed by atoms with Crippen molar-refractivity contribution in [3.63, 3.8) is 0 Å². The highest BCUT2D eigenvalue weighted by Gasteiger charge is 2.62. The second-order valence-corrected chi connectivity index (χ2v) is 10.3. The Morgan fingerprint density at radius 2 is 1.59 bits per heavy atom. The molecule has 4 atom stereocenters. The fraction of sp³-hybridized carbons (Fsp3) is 0.458. The first-order valence-corrected chi connectivity index (χ1v) is 12.9. The smallest absolute Gasteiger partial charge is 0.303 e. The number of hydrogen-bond acceptors (Lipinski definition) is 5. The molecule has 0 aromatic heterocycles. The predicted octanol–water partition coefficient (Wildman–Crippen LogP) is 3.80. The SMILES string of the molecule is CCO/C(=N/S(C)(=O)=O)N1C2CCC3(CC21)O[C@@H](c1ccccc1)[C@H](c1ccccc1)O3. The van der Waals surface area contributed by atoms with Gasteiger partial charge in [0.25, 0.3) is 10.0 Å². The number of fused-ring (bicyclic) bond motifs is 1. The van der Waals surface area contributed by atoms with E-state index < -0.39 is 15.8 Å². The Morgan fingerprint density at radius 1 is 1.03 bits per heavy atom. The molecule has 1 saturated carbocycles. The molecule has 2 heterocycles. The molecule has 3 aliphatic rings. The first-order chi connectivity index (χ1) is 15.4. The summed E-state index contributed by atoms with van der Waals surface area (Å²) in [6, 6.07) is 20.8. The van der Waals surface area contributed by atoms with Gasteiger partial charge in [-0.2, -0.15) is 0 Å². The lowest BCUT2D eigenvalue weighted by atomic mass is 9.94. The van der Waals surface area contributed by atoms with Gasteiger partial charge in [0.2, 0.25) is 0 Å². The van der Waals surface area contributed by atoms with E-state index in [1.807, 2.05) is 48.2 Å². The standard InChI is InChI=1S/C24H28N2O5S/c1-3-29-23(25-32(2,27)28)26-19-14-15-24(16-20(19)26)30-21(17-10-6-4-7-11-17)22(31-24)18-12-8-5-9-13-18/h4-13,19-22H,3,14-16H2,1-2H3/b25-23+/t19?,20?,21-,22-,26?/m0/s1. The van der Waals surface area contributed by atoms with Crippen LogP contribution in [0.15, 0.2) is 65.1 Å². The van der Waals surface area contributed by atoms with Crippen LogP contribution in [-0.4, -0.2) is 50.1 Å². The van der Waals surface area contributed by atoms with E-state index in [-0.39, 0.29) is 30.3 Å². The van der Waals surface area contributed by atoms with Crippen LogP contribution in [0.25, 0.3) is 0 Å². The highest BCUT2D eigenvalue weighted by Crippen LogP contribution is 2.56. The quantitative estimate of drug-likeness (QED) is 0.396. The van der Waals surface area contributed by atoms with Gasteiger partial charge in [-0.05, 0) is 24.5 Å². The van der Waals surface area contributed by atoms with Crippen LogP contribution in [0.1, 0.15) is 49.5 Å². The van der Waals surface area contributed by atoms with E-state index in [1.165, 1.54) is 0 Å². The highest BCUT2D eigenvalue weighted by atomic mass is 32.2. The Morgan fingerprint density at radius 3 is 2.09 bits per heavy atom. The van der Waals surface area contributed by atoms with Crippen molar-refractivity contribution < 1.29 is 22.6 Å². The number of nitrogens with zero attached hydrogens (tertiary/aromatic N) is 2. The molecule has 5 rings (SSSR count). The van der Waals surface area contributed by atoms with Crippen molar-refractivity contribution in [2.24, 2.45) is 4.40 Å². The predicted molar refractivity (Wildman–Crippen MR) is 120 cm³/mol. The van der Waals surface area contributed by atoms with E-state index in [4.69, 9.17) is 14.2 Å². The molecule has 2 saturated heterocycles. The van der Waals surface area contributed by atoms with E-state index in [9.17, 15) is 8.42 Å². The zero-order valence-electron chi connectivity index (χ0n) is 18.3. The van der Waals surface area contributed by atoms with Crippen LogP contribution in [0.4, 0.5) is 0 Å². The van der Waals surface area contributed by atoms with Crippen LogP contribution in [-0.2, 0) is 24.2 Å². The second-order valence-electron chi connectivity index (χ2n) is 8.63. The summed E-state index contributed by atoms with van der Waals surface area (Å²) in [4.78, 5) is 1.96. The van der Waals surface area contributed by atoms with E-state index >= 15 is 0 Å². The van der Waals surface area contributed by atoms with Gasteiger partial charge in [0.05, 0.1) is 24.9 Å². The molecule has 7 nitrogen and oxygen atoms in total. The summed E-state index contributed by atoms with van der Waals surface area (Å²) < 4.78 is 46.3. The minimum atomic E-state index is -3.55. The minimum Gasteiger partial charge on any atom is -0.465 e. The molecule has 32 heavy (non-hydrogen) atoms. The summed E-state index contributed by atoms with van der Waals surface area (Å²) in [7, 11) is -3.55. The summed E-state index contributed by atoms with van der Waals surface area (Å²) in [5.41, 5.74) is 2.17. The fourth-order valence-electron chi connectivity index (χ4n) is 4.99. The molecule has 1 aliphatic carbocycles. The van der Waals surface area contributed by atoms with Crippen molar-refractivity contribution in [2.45, 2.75) is 56.3 Å². The van der Waals surface area contributed by atoms with Crippen molar-refractivity contribution in [1.82, 2.24) is 4.90 Å². The van der Waals surface area contributed by atoms with E-state index in [1.54, 1.807) is 0 Å². The minimum absolute atomic E-state index is 0.0850. The zero-order valence-corrected chi connectivity index (χ0v) is 19.1. The maximum absolute atomic E-state index is 11.8. The molecule has 0 bridgehead atoms. The molecule has 2 unspecified atom stereocenters.